The fourth-order valence-electron chi connectivity index (χ4n) is 4.41. The highest BCUT2D eigenvalue weighted by molar-refractivity contribution is 6.30. The molecule has 0 amide bonds. The van der Waals surface area contributed by atoms with Gasteiger partial charge in [0.05, 0.1) is 17.3 Å². The van der Waals surface area contributed by atoms with E-state index in [0.29, 0.717) is 16.8 Å². The number of rotatable bonds is 5. The molecule has 7 nitrogen and oxygen atoms in total. The van der Waals surface area contributed by atoms with E-state index in [1.54, 1.807) is 6.20 Å². The summed E-state index contributed by atoms with van der Waals surface area (Å²) in [7, 11) is 0. The molecule has 36 heavy (non-hydrogen) atoms. The number of nitrogens with one attached hydrogen (secondary N) is 1. The lowest BCUT2D eigenvalue weighted by atomic mass is 10.2. The Morgan fingerprint density at radius 3 is 2.28 bits per heavy atom. The first-order chi connectivity index (χ1) is 17.6. The summed E-state index contributed by atoms with van der Waals surface area (Å²) in [6, 6.07) is 24.1. The number of hydrogen-bond donors (Lipinski definition) is 1. The molecule has 0 aliphatic carbocycles. The van der Waals surface area contributed by atoms with Gasteiger partial charge in [0.1, 0.15) is 11.6 Å². The van der Waals surface area contributed by atoms with Gasteiger partial charge in [-0.25, -0.2) is 9.07 Å². The topological polar surface area (TPSA) is 62.1 Å². The molecule has 3 heterocycles. The number of hydrogen-bond acceptors (Lipinski definition) is 6. The van der Waals surface area contributed by atoms with Crippen LogP contribution in [-0.2, 0) is 0 Å². The highest BCUT2D eigenvalue weighted by atomic mass is 35.5. The van der Waals surface area contributed by atoms with Crippen molar-refractivity contribution in [1.82, 2.24) is 19.7 Å². The largest absolute Gasteiger partial charge is 0.368 e. The Kier molecular flexibility index (Phi) is 5.87. The van der Waals surface area contributed by atoms with Crippen molar-refractivity contribution in [2.45, 2.75) is 0 Å². The van der Waals surface area contributed by atoms with E-state index in [9.17, 15) is 4.39 Å². The summed E-state index contributed by atoms with van der Waals surface area (Å²) in [5.41, 5.74) is 3.49. The molecule has 0 unspecified atom stereocenters. The van der Waals surface area contributed by atoms with Gasteiger partial charge in [-0.15, -0.1) is 0 Å². The van der Waals surface area contributed by atoms with E-state index in [-0.39, 0.29) is 5.82 Å². The van der Waals surface area contributed by atoms with Crippen molar-refractivity contribution in [1.29, 1.82) is 0 Å². The highest BCUT2D eigenvalue weighted by Gasteiger charge is 2.22. The minimum atomic E-state index is -0.228. The smallest absolute Gasteiger partial charge is 0.229 e. The predicted octanol–water partition coefficient (Wildman–Crippen LogP) is 5.68. The molecule has 180 valence electrons. The fourth-order valence-corrected chi connectivity index (χ4v) is 4.60. The Bertz CT molecular complexity index is 1500. The van der Waals surface area contributed by atoms with Crippen molar-refractivity contribution >= 4 is 45.8 Å². The third kappa shape index (κ3) is 4.43. The van der Waals surface area contributed by atoms with Crippen molar-refractivity contribution < 1.29 is 4.39 Å². The molecule has 1 N–H and O–H groups in total. The van der Waals surface area contributed by atoms with E-state index in [1.165, 1.54) is 12.1 Å². The maximum atomic E-state index is 13.3. The van der Waals surface area contributed by atoms with Crippen LogP contribution in [0, 0.1) is 5.82 Å². The van der Waals surface area contributed by atoms with E-state index < -0.39 is 0 Å². The molecule has 5 aromatic rings. The molecule has 1 saturated heterocycles. The quantitative estimate of drug-likeness (QED) is 0.336. The van der Waals surface area contributed by atoms with Crippen LogP contribution in [0.3, 0.4) is 0 Å². The summed E-state index contributed by atoms with van der Waals surface area (Å²) < 4.78 is 15.2. The van der Waals surface area contributed by atoms with E-state index in [2.05, 4.69) is 20.2 Å². The molecule has 2 aromatic heterocycles. The summed E-state index contributed by atoms with van der Waals surface area (Å²) in [5.74, 6) is 1.07. The minimum absolute atomic E-state index is 0.228. The van der Waals surface area contributed by atoms with Gasteiger partial charge in [0, 0.05) is 42.6 Å². The fraction of sp³-hybridized carbons (Fsp3) is 0.148. The average Bonchev–Trinajstić information content (AvgIpc) is 3.34. The summed E-state index contributed by atoms with van der Waals surface area (Å²) in [6.45, 7) is 3.03. The molecule has 1 fully saturated rings. The van der Waals surface area contributed by atoms with E-state index in [1.807, 2.05) is 71.4 Å². The number of benzene rings is 3. The Morgan fingerprint density at radius 1 is 0.778 bits per heavy atom. The van der Waals surface area contributed by atoms with Gasteiger partial charge in [0.15, 0.2) is 5.65 Å². The van der Waals surface area contributed by atoms with Crippen molar-refractivity contribution in [2.24, 2.45) is 0 Å². The summed E-state index contributed by atoms with van der Waals surface area (Å²) in [5, 5.41) is 9.49. The standard InChI is InChI=1S/C27H23ClFN7/c28-19-5-4-6-21(17-19)31-25-24-18-30-36(23-7-2-1-3-8-23)26(24)33-27(32-25)35-15-13-34(14-16-35)22-11-9-20(29)10-12-22/h1-12,17-18H,13-16H2,(H,31,32,33). The van der Waals surface area contributed by atoms with Gasteiger partial charge >= 0.3 is 0 Å². The Labute approximate surface area is 212 Å². The van der Waals surface area contributed by atoms with Crippen LogP contribution in [0.15, 0.2) is 85.1 Å². The number of para-hydroxylation sites is 1. The second-order valence-corrected chi connectivity index (χ2v) is 9.02. The second-order valence-electron chi connectivity index (χ2n) is 8.59. The van der Waals surface area contributed by atoms with Crippen molar-refractivity contribution in [3.8, 4) is 5.69 Å². The zero-order valence-corrected chi connectivity index (χ0v) is 20.1. The lowest BCUT2D eigenvalue weighted by Crippen LogP contribution is -2.47. The first-order valence-electron chi connectivity index (χ1n) is 11.7. The third-order valence-corrected chi connectivity index (χ3v) is 6.49. The van der Waals surface area contributed by atoms with Crippen LogP contribution in [-0.4, -0.2) is 45.9 Å². The van der Waals surface area contributed by atoms with Gasteiger partial charge in [0.25, 0.3) is 0 Å². The van der Waals surface area contributed by atoms with Crippen LogP contribution in [0.4, 0.5) is 27.5 Å². The molecular formula is C27H23ClFN7. The van der Waals surface area contributed by atoms with Gasteiger partial charge in [0.2, 0.25) is 5.95 Å². The monoisotopic (exact) mass is 499 g/mol. The summed E-state index contributed by atoms with van der Waals surface area (Å²) in [6.07, 6.45) is 1.78. The molecule has 1 aliphatic heterocycles. The van der Waals surface area contributed by atoms with E-state index in [0.717, 1.165) is 54.3 Å². The lowest BCUT2D eigenvalue weighted by molar-refractivity contribution is 0.623. The molecule has 0 radical (unpaired) electrons. The molecule has 0 atom stereocenters. The maximum Gasteiger partial charge on any atom is 0.229 e. The molecule has 0 bridgehead atoms. The zero-order chi connectivity index (χ0) is 24.5. The molecule has 6 rings (SSSR count). The zero-order valence-electron chi connectivity index (χ0n) is 19.4. The van der Waals surface area contributed by atoms with Crippen molar-refractivity contribution in [2.75, 3.05) is 41.3 Å². The molecule has 1 aliphatic rings. The summed E-state index contributed by atoms with van der Waals surface area (Å²) in [4.78, 5) is 14.3. The SMILES string of the molecule is Fc1ccc(N2CCN(c3nc(Nc4cccc(Cl)c4)c4cnn(-c5ccccc5)c4n3)CC2)cc1. The van der Waals surface area contributed by atoms with E-state index >= 15 is 0 Å². The Balaban J connectivity index is 1.35. The number of aromatic nitrogens is 4. The number of nitrogens with zero attached hydrogens (tertiary/aromatic N) is 6. The van der Waals surface area contributed by atoms with Crippen LogP contribution < -0.4 is 15.1 Å². The molecule has 9 heteroatoms. The first kappa shape index (κ1) is 22.3. The van der Waals surface area contributed by atoms with Crippen LogP contribution in [0.2, 0.25) is 5.02 Å². The lowest BCUT2D eigenvalue weighted by Gasteiger charge is -2.36. The normalized spacial score (nSPS) is 13.8. The number of anilines is 4. The predicted molar refractivity (Wildman–Crippen MR) is 142 cm³/mol. The first-order valence-corrected chi connectivity index (χ1v) is 12.1. The molecule has 0 spiro atoms. The van der Waals surface area contributed by atoms with Crippen LogP contribution in [0.5, 0.6) is 0 Å². The van der Waals surface area contributed by atoms with Crippen molar-refractivity contribution in [3.63, 3.8) is 0 Å². The highest BCUT2D eigenvalue weighted by Crippen LogP contribution is 2.29. The Hall–Kier alpha value is -4.17. The van der Waals surface area contributed by atoms with Crippen LogP contribution in [0.1, 0.15) is 0 Å². The van der Waals surface area contributed by atoms with Gasteiger partial charge in [-0.2, -0.15) is 15.1 Å². The Morgan fingerprint density at radius 2 is 1.53 bits per heavy atom. The average molecular weight is 500 g/mol. The number of piperazine rings is 1. The van der Waals surface area contributed by atoms with Gasteiger partial charge in [-0.1, -0.05) is 35.9 Å². The number of fused-ring (bicyclic) bond motifs is 1. The van der Waals surface area contributed by atoms with Crippen LogP contribution >= 0.6 is 11.6 Å². The van der Waals surface area contributed by atoms with Crippen molar-refractivity contribution in [3.05, 3.63) is 95.9 Å². The van der Waals surface area contributed by atoms with Crippen LogP contribution in [0.25, 0.3) is 16.7 Å². The van der Waals surface area contributed by atoms with E-state index in [4.69, 9.17) is 21.6 Å². The maximum absolute atomic E-state index is 13.3. The minimum Gasteiger partial charge on any atom is -0.368 e. The number of halogens is 2. The van der Waals surface area contributed by atoms with Gasteiger partial charge in [-0.05, 0) is 54.6 Å². The third-order valence-electron chi connectivity index (χ3n) is 6.26. The molecular weight excluding hydrogens is 477 g/mol. The van der Waals surface area contributed by atoms with Gasteiger partial charge < -0.3 is 15.1 Å². The molecule has 3 aromatic carbocycles. The molecule has 0 saturated carbocycles. The summed E-state index contributed by atoms with van der Waals surface area (Å²) >= 11 is 6.22. The second kappa shape index (κ2) is 9.47. The van der Waals surface area contributed by atoms with Gasteiger partial charge in [-0.3, -0.25) is 0 Å².